The fraction of sp³-hybridized carbons (Fsp3) is 0.538. The molecule has 2 aromatic carbocycles. The number of likely N-dealkylation sites (tertiary alicyclic amines) is 2. The summed E-state index contributed by atoms with van der Waals surface area (Å²) in [5.41, 5.74) is 4.00. The molecule has 1 N–H and O–H groups in total. The number of H-pyrrole nitrogens is 1. The van der Waals surface area contributed by atoms with Crippen LogP contribution in [0.15, 0.2) is 36.8 Å². The number of ether oxygens (including phenoxy) is 3. The number of nitrogens with one attached hydrogen (secondary N) is 1. The molecule has 54 heavy (non-hydrogen) atoms. The number of rotatable bonds is 11. The lowest BCUT2D eigenvalue weighted by Gasteiger charge is -2.54. The Morgan fingerprint density at radius 3 is 2.44 bits per heavy atom. The van der Waals surface area contributed by atoms with Crippen molar-refractivity contribution in [3.05, 3.63) is 47.9 Å². The van der Waals surface area contributed by atoms with Gasteiger partial charge in [0, 0.05) is 74.7 Å². The number of halogens is 4. The van der Waals surface area contributed by atoms with Crippen molar-refractivity contribution in [2.75, 3.05) is 71.0 Å². The van der Waals surface area contributed by atoms with E-state index in [0.717, 1.165) is 85.8 Å². The number of hydrogen-bond acceptors (Lipinski definition) is 9. The number of carbonyl (C=O) groups is 1. The molecular weight excluding hydrogens is 706 g/mol. The fourth-order valence-corrected chi connectivity index (χ4v) is 8.45. The minimum atomic E-state index is -4.60. The van der Waals surface area contributed by atoms with E-state index in [9.17, 15) is 22.4 Å². The zero-order chi connectivity index (χ0) is 37.8. The van der Waals surface area contributed by atoms with Crippen LogP contribution in [0.1, 0.15) is 55.6 Å². The van der Waals surface area contributed by atoms with E-state index in [2.05, 4.69) is 32.6 Å². The van der Waals surface area contributed by atoms with Gasteiger partial charge in [0.05, 0.1) is 18.3 Å². The van der Waals surface area contributed by atoms with Gasteiger partial charge >= 0.3 is 12.2 Å². The monoisotopic (exact) mass is 751 g/mol. The standard InChI is InChI=1S/C39H45F4N7O4/c1-23-4-7-30-29(19-44-47-30)31(23)32-27(25-5-6-25)18-28-33(34(32)53-22-39(41,42)43)45-37(54-26-8-12-48(13-9-26)16-17-52-3)46-35(28)49-14-10-38(11-15-49)20-50(21-38)36(51)24(2)40/h4,7,18-19,25-26H,2,5-6,8-17,20-22H2,1,3H3,(H,44,47). The van der Waals surface area contributed by atoms with Crippen molar-refractivity contribution in [3.63, 3.8) is 0 Å². The van der Waals surface area contributed by atoms with Crippen molar-refractivity contribution in [2.24, 2.45) is 5.41 Å². The lowest BCUT2D eigenvalue weighted by atomic mass is 9.72. The Morgan fingerprint density at radius 2 is 1.78 bits per heavy atom. The number of carbonyl (C=O) groups excluding carboxylic acids is 1. The van der Waals surface area contributed by atoms with E-state index in [1.165, 1.54) is 4.90 Å². The zero-order valence-electron chi connectivity index (χ0n) is 30.6. The Bertz CT molecular complexity index is 2060. The number of aromatic amines is 1. The molecule has 1 saturated carbocycles. The first kappa shape index (κ1) is 36.5. The largest absolute Gasteiger partial charge is 0.481 e. The molecule has 3 aliphatic heterocycles. The first-order valence-electron chi connectivity index (χ1n) is 18.7. The van der Waals surface area contributed by atoms with E-state index in [1.54, 1.807) is 13.3 Å². The van der Waals surface area contributed by atoms with Crippen LogP contribution >= 0.6 is 0 Å². The number of amides is 1. The van der Waals surface area contributed by atoms with Gasteiger partial charge in [-0.2, -0.15) is 28.2 Å². The second-order valence-corrected chi connectivity index (χ2v) is 15.4. The highest BCUT2D eigenvalue weighted by molar-refractivity contribution is 6.06. The second-order valence-electron chi connectivity index (χ2n) is 15.4. The average molecular weight is 752 g/mol. The van der Waals surface area contributed by atoms with Crippen LogP contribution in [0.4, 0.5) is 23.4 Å². The summed E-state index contributed by atoms with van der Waals surface area (Å²) in [5.74, 6) is -0.877. The number of alkyl halides is 3. The van der Waals surface area contributed by atoms with Gasteiger partial charge in [0.2, 0.25) is 0 Å². The number of anilines is 1. The summed E-state index contributed by atoms with van der Waals surface area (Å²) in [5, 5.41) is 8.66. The summed E-state index contributed by atoms with van der Waals surface area (Å²) in [6.45, 7) is 8.74. The molecule has 5 heterocycles. The van der Waals surface area contributed by atoms with Crippen molar-refractivity contribution in [1.82, 2.24) is 30.0 Å². The molecular formula is C39H45F4N7O4. The number of aryl methyl sites for hydroxylation is 1. The number of methoxy groups -OCH3 is 1. The topological polar surface area (TPSA) is 109 Å². The van der Waals surface area contributed by atoms with Crippen LogP contribution in [0.3, 0.4) is 0 Å². The average Bonchev–Trinajstić information content (AvgIpc) is 3.87. The minimum absolute atomic E-state index is 0.0551. The molecule has 0 atom stereocenters. The quantitative estimate of drug-likeness (QED) is 0.132. The first-order chi connectivity index (χ1) is 25.9. The lowest BCUT2D eigenvalue weighted by molar-refractivity contribution is -0.153. The highest BCUT2D eigenvalue weighted by Gasteiger charge is 2.47. The number of piperidine rings is 2. The van der Waals surface area contributed by atoms with Gasteiger partial charge in [-0.05, 0) is 80.2 Å². The SMILES string of the molecule is C=C(F)C(=O)N1CC2(CCN(c3nc(OC4CCN(CCOC)CC4)nc4c(OCC(F)(F)F)c(-c5c(C)ccc6[nH]ncc56)c(C5CC5)cc34)CC2)C1. The van der Waals surface area contributed by atoms with Gasteiger partial charge in [-0.25, -0.2) is 4.39 Å². The molecule has 1 aliphatic carbocycles. The number of hydrogen-bond donors (Lipinski definition) is 1. The van der Waals surface area contributed by atoms with Gasteiger partial charge in [-0.1, -0.05) is 12.6 Å². The highest BCUT2D eigenvalue weighted by Crippen LogP contribution is 2.53. The number of benzene rings is 2. The van der Waals surface area contributed by atoms with Crippen LogP contribution in [-0.4, -0.2) is 114 Å². The third-order valence-corrected chi connectivity index (χ3v) is 11.5. The van der Waals surface area contributed by atoms with Gasteiger partial charge in [0.25, 0.3) is 5.91 Å². The highest BCUT2D eigenvalue weighted by atomic mass is 19.4. The molecule has 3 saturated heterocycles. The minimum Gasteiger partial charge on any atom is -0.481 e. The molecule has 288 valence electrons. The Morgan fingerprint density at radius 1 is 1.04 bits per heavy atom. The molecule has 11 nitrogen and oxygen atoms in total. The predicted molar refractivity (Wildman–Crippen MR) is 196 cm³/mol. The summed E-state index contributed by atoms with van der Waals surface area (Å²) < 4.78 is 73.5. The van der Waals surface area contributed by atoms with Crippen LogP contribution in [0.2, 0.25) is 0 Å². The molecule has 15 heteroatoms. The van der Waals surface area contributed by atoms with Crippen LogP contribution in [-0.2, 0) is 9.53 Å². The Kier molecular flexibility index (Phi) is 9.65. The van der Waals surface area contributed by atoms with Gasteiger partial charge in [-0.3, -0.25) is 9.89 Å². The molecule has 1 amide bonds. The number of nitrogens with zero attached hydrogens (tertiary/aromatic N) is 6. The molecule has 4 fully saturated rings. The van der Waals surface area contributed by atoms with Gasteiger partial charge in [0.15, 0.2) is 18.2 Å². The number of aromatic nitrogens is 4. The van der Waals surface area contributed by atoms with Crippen molar-refractivity contribution in [3.8, 4) is 22.9 Å². The van der Waals surface area contributed by atoms with E-state index >= 15 is 0 Å². The molecule has 8 rings (SSSR count). The van der Waals surface area contributed by atoms with Crippen molar-refractivity contribution < 1.29 is 36.6 Å². The molecule has 0 bridgehead atoms. The van der Waals surface area contributed by atoms with Gasteiger partial charge < -0.3 is 28.9 Å². The summed E-state index contributed by atoms with van der Waals surface area (Å²) in [6, 6.07) is 5.99. The molecule has 4 aliphatic rings. The maximum absolute atomic E-state index is 14.1. The Balaban J connectivity index is 1.23. The maximum Gasteiger partial charge on any atom is 0.422 e. The van der Waals surface area contributed by atoms with Crippen LogP contribution in [0.25, 0.3) is 32.9 Å². The third-order valence-electron chi connectivity index (χ3n) is 11.5. The third kappa shape index (κ3) is 7.19. The first-order valence-corrected chi connectivity index (χ1v) is 18.7. The van der Waals surface area contributed by atoms with E-state index in [0.29, 0.717) is 49.6 Å². The summed E-state index contributed by atoms with van der Waals surface area (Å²) >= 11 is 0. The zero-order valence-corrected chi connectivity index (χ0v) is 30.6. The van der Waals surface area contributed by atoms with Crippen LogP contribution in [0.5, 0.6) is 11.8 Å². The van der Waals surface area contributed by atoms with Crippen molar-refractivity contribution in [1.29, 1.82) is 0 Å². The van der Waals surface area contributed by atoms with Crippen LogP contribution < -0.4 is 14.4 Å². The van der Waals surface area contributed by atoms with E-state index in [1.807, 2.05) is 19.1 Å². The van der Waals surface area contributed by atoms with Crippen LogP contribution in [0, 0.1) is 12.3 Å². The Labute approximate surface area is 310 Å². The lowest BCUT2D eigenvalue weighted by Crippen LogP contribution is -2.62. The number of fused-ring (bicyclic) bond motifs is 2. The fourth-order valence-electron chi connectivity index (χ4n) is 8.45. The summed E-state index contributed by atoms with van der Waals surface area (Å²) in [7, 11) is 1.68. The maximum atomic E-state index is 14.1. The Hall–Kier alpha value is -4.50. The van der Waals surface area contributed by atoms with Gasteiger partial charge in [-0.15, -0.1) is 0 Å². The molecule has 0 radical (unpaired) electrons. The summed E-state index contributed by atoms with van der Waals surface area (Å²) in [6.07, 6.45) is 1.62. The van der Waals surface area contributed by atoms with Gasteiger partial charge in [0.1, 0.15) is 17.4 Å². The predicted octanol–water partition coefficient (Wildman–Crippen LogP) is 6.70. The second kappa shape index (κ2) is 14.3. The molecule has 4 aromatic rings. The van der Waals surface area contributed by atoms with Crippen molar-refractivity contribution in [2.45, 2.75) is 63.6 Å². The van der Waals surface area contributed by atoms with Crippen molar-refractivity contribution >= 4 is 33.5 Å². The van der Waals surface area contributed by atoms with E-state index < -0.39 is 24.5 Å². The molecule has 2 aromatic heterocycles. The summed E-state index contributed by atoms with van der Waals surface area (Å²) in [4.78, 5) is 28.1. The smallest absolute Gasteiger partial charge is 0.422 e. The normalized spacial score (nSPS) is 19.4. The molecule has 1 spiro atoms. The van der Waals surface area contributed by atoms with E-state index in [4.69, 9.17) is 24.2 Å². The van der Waals surface area contributed by atoms with E-state index in [-0.39, 0.29) is 34.7 Å². The molecule has 0 unspecified atom stereocenters.